The highest BCUT2D eigenvalue weighted by atomic mass is 32.2. The van der Waals surface area contributed by atoms with Gasteiger partial charge in [-0.3, -0.25) is 0 Å². The molecule has 0 saturated carbocycles. The number of nitrogens with one attached hydrogen (secondary N) is 2. The summed E-state index contributed by atoms with van der Waals surface area (Å²) in [4.78, 5) is 0. The molecule has 6 heteroatoms. The maximum absolute atomic E-state index is 15.1. The maximum atomic E-state index is 15.1. The highest BCUT2D eigenvalue weighted by Gasteiger charge is 2.48. The van der Waals surface area contributed by atoms with E-state index in [1.807, 2.05) is 26.8 Å². The number of hydrogen-bond donors (Lipinski definition) is 2. The van der Waals surface area contributed by atoms with Gasteiger partial charge in [0.15, 0.2) is 0 Å². The zero-order chi connectivity index (χ0) is 20.7. The van der Waals surface area contributed by atoms with E-state index in [1.165, 1.54) is 0 Å². The van der Waals surface area contributed by atoms with Crippen LogP contribution in [-0.4, -0.2) is 30.1 Å². The monoisotopic (exact) mass is 420 g/mol. The minimum absolute atomic E-state index is 0.0832. The molecule has 1 spiro atoms. The van der Waals surface area contributed by atoms with Crippen LogP contribution < -0.4 is 10.0 Å². The molecule has 2 N–H and O–H groups in total. The smallest absolute Gasteiger partial charge is 0.129 e. The van der Waals surface area contributed by atoms with E-state index in [2.05, 4.69) is 41.1 Å². The highest BCUT2D eigenvalue weighted by Crippen LogP contribution is 2.52. The summed E-state index contributed by atoms with van der Waals surface area (Å²) in [6.07, 6.45) is 2.61. The van der Waals surface area contributed by atoms with Gasteiger partial charge in [-0.1, -0.05) is 25.6 Å². The van der Waals surface area contributed by atoms with Gasteiger partial charge in [0.05, 0.1) is 21.8 Å². The van der Waals surface area contributed by atoms with Crippen LogP contribution in [0.3, 0.4) is 0 Å². The zero-order valence-corrected chi connectivity index (χ0v) is 19.8. The Kier molecular flexibility index (Phi) is 5.95. The number of hydrogen-bond acceptors (Lipinski definition) is 2. The molecule has 1 aromatic carbocycles. The normalized spacial score (nSPS) is 22.5. The van der Waals surface area contributed by atoms with Crippen molar-refractivity contribution in [1.82, 2.24) is 10.0 Å². The molecule has 2 atom stereocenters. The lowest BCUT2D eigenvalue weighted by Crippen LogP contribution is -2.46. The van der Waals surface area contributed by atoms with E-state index in [1.54, 1.807) is 6.07 Å². The second-order valence-corrected chi connectivity index (χ2v) is 17.0. The van der Waals surface area contributed by atoms with Gasteiger partial charge in [0, 0.05) is 5.56 Å². The van der Waals surface area contributed by atoms with E-state index in [0.717, 1.165) is 42.6 Å². The van der Waals surface area contributed by atoms with Gasteiger partial charge < -0.3 is 5.32 Å². The van der Waals surface area contributed by atoms with Crippen molar-refractivity contribution < 1.29 is 8.60 Å². The van der Waals surface area contributed by atoms with Crippen LogP contribution in [0.25, 0.3) is 0 Å². The summed E-state index contributed by atoms with van der Waals surface area (Å²) in [6, 6.07) is 3.52. The first-order chi connectivity index (χ1) is 12.9. The largest absolute Gasteiger partial charge is 0.317 e. The van der Waals surface area contributed by atoms with E-state index < -0.39 is 19.1 Å². The van der Waals surface area contributed by atoms with E-state index in [0.29, 0.717) is 6.42 Å². The molecule has 1 heterocycles. The lowest BCUT2D eigenvalue weighted by Gasteiger charge is -2.40. The summed E-state index contributed by atoms with van der Waals surface area (Å²) in [5.41, 5.74) is 5.73. The van der Waals surface area contributed by atoms with Crippen molar-refractivity contribution in [3.8, 4) is 11.5 Å². The molecule has 1 aliphatic heterocycles. The Morgan fingerprint density at radius 2 is 1.89 bits per heavy atom. The third-order valence-corrected chi connectivity index (χ3v) is 8.08. The number of benzene rings is 1. The summed E-state index contributed by atoms with van der Waals surface area (Å²) in [6.45, 7) is 14.3. The van der Waals surface area contributed by atoms with Gasteiger partial charge in [0.25, 0.3) is 0 Å². The van der Waals surface area contributed by atoms with Gasteiger partial charge in [-0.15, -0.1) is 5.54 Å². The molecule has 0 bridgehead atoms. The summed E-state index contributed by atoms with van der Waals surface area (Å²) in [5, 5.41) is 3.41. The molecular weight excluding hydrogens is 387 g/mol. The fourth-order valence-electron chi connectivity index (χ4n) is 4.08. The Morgan fingerprint density at radius 3 is 2.46 bits per heavy atom. The van der Waals surface area contributed by atoms with Gasteiger partial charge in [-0.25, -0.2) is 13.3 Å². The molecule has 1 saturated heterocycles. The van der Waals surface area contributed by atoms with Crippen LogP contribution in [0, 0.1) is 22.7 Å². The van der Waals surface area contributed by atoms with E-state index >= 15 is 4.39 Å². The average Bonchev–Trinajstić information content (AvgIpc) is 2.86. The molecule has 154 valence electrons. The van der Waals surface area contributed by atoms with Crippen molar-refractivity contribution >= 4 is 19.1 Å². The maximum Gasteiger partial charge on any atom is 0.129 e. The number of rotatable bonds is 2. The summed E-state index contributed by atoms with van der Waals surface area (Å²) >= 11 is 0. The lowest BCUT2D eigenvalue weighted by molar-refractivity contribution is 0.164. The molecule has 1 aromatic rings. The van der Waals surface area contributed by atoms with Crippen molar-refractivity contribution in [2.24, 2.45) is 5.41 Å². The fraction of sp³-hybridized carbons (Fsp3) is 0.636. The molecule has 0 radical (unpaired) electrons. The second-order valence-electron chi connectivity index (χ2n) is 10.2. The van der Waals surface area contributed by atoms with E-state index in [4.69, 9.17) is 0 Å². The van der Waals surface area contributed by atoms with Crippen LogP contribution in [0.4, 0.5) is 4.39 Å². The van der Waals surface area contributed by atoms with Gasteiger partial charge in [0.2, 0.25) is 0 Å². The van der Waals surface area contributed by atoms with Crippen LogP contribution in [0.5, 0.6) is 0 Å². The Balaban J connectivity index is 2.05. The van der Waals surface area contributed by atoms with Gasteiger partial charge in [0.1, 0.15) is 13.9 Å². The first kappa shape index (κ1) is 21.7. The molecule has 0 unspecified atom stereocenters. The van der Waals surface area contributed by atoms with Crippen LogP contribution >= 0.6 is 0 Å². The lowest BCUT2D eigenvalue weighted by atomic mass is 9.73. The minimum Gasteiger partial charge on any atom is -0.317 e. The standard InChI is InChI=1S/C22H33FN2OSSi/c1-21(2,3)27(26)25-20-17-13-16(7-12-28(4,5)6)14-19(23)18(17)15-22(20)8-10-24-11-9-22/h13-14,20,24-25H,8-11,15H2,1-6H3/t20-,27-/m1/s1. The van der Waals surface area contributed by atoms with E-state index in [9.17, 15) is 4.21 Å². The quantitative estimate of drug-likeness (QED) is 0.559. The summed E-state index contributed by atoms with van der Waals surface area (Å²) in [7, 11) is -2.76. The van der Waals surface area contributed by atoms with Crippen molar-refractivity contribution in [2.45, 2.75) is 70.5 Å². The molecule has 28 heavy (non-hydrogen) atoms. The Bertz CT molecular complexity index is 839. The fourth-order valence-corrected chi connectivity index (χ4v) is 5.54. The molecule has 0 amide bonds. The predicted molar refractivity (Wildman–Crippen MR) is 119 cm³/mol. The number of halogens is 1. The Morgan fingerprint density at radius 1 is 1.25 bits per heavy atom. The predicted octanol–water partition coefficient (Wildman–Crippen LogP) is 4.07. The number of piperidine rings is 1. The molecule has 1 fully saturated rings. The van der Waals surface area contributed by atoms with Crippen molar-refractivity contribution in [3.63, 3.8) is 0 Å². The third-order valence-electron chi connectivity index (χ3n) is 5.64. The van der Waals surface area contributed by atoms with Crippen LogP contribution in [0.2, 0.25) is 19.6 Å². The minimum atomic E-state index is -1.55. The summed E-state index contributed by atoms with van der Waals surface area (Å²) in [5.74, 6) is 3.04. The van der Waals surface area contributed by atoms with Gasteiger partial charge >= 0.3 is 0 Å². The topological polar surface area (TPSA) is 41.1 Å². The van der Waals surface area contributed by atoms with Gasteiger partial charge in [-0.05, 0) is 81.8 Å². The average molecular weight is 421 g/mol. The SMILES string of the molecule is CC(C)(C)[S@@](=O)N[C@@H]1c2cc(C#C[Si](C)(C)C)cc(F)c2CC12CCNCC2. The zero-order valence-electron chi connectivity index (χ0n) is 18.0. The molecule has 2 aliphatic rings. The molecule has 3 rings (SSSR count). The number of fused-ring (bicyclic) bond motifs is 1. The van der Waals surface area contributed by atoms with Crippen LogP contribution in [0.1, 0.15) is 56.3 Å². The molecule has 3 nitrogen and oxygen atoms in total. The first-order valence-corrected chi connectivity index (χ1v) is 14.8. The van der Waals surface area contributed by atoms with Crippen molar-refractivity contribution in [3.05, 3.63) is 34.6 Å². The summed E-state index contributed by atoms with van der Waals surface area (Å²) < 4.78 is 31.1. The van der Waals surface area contributed by atoms with Crippen LogP contribution in [-0.2, 0) is 17.4 Å². The molecule has 0 aromatic heterocycles. The second kappa shape index (κ2) is 7.68. The van der Waals surface area contributed by atoms with E-state index in [-0.39, 0.29) is 22.0 Å². The molecular formula is C22H33FN2OSSi. The van der Waals surface area contributed by atoms with Gasteiger partial charge in [-0.2, -0.15) is 0 Å². The highest BCUT2D eigenvalue weighted by molar-refractivity contribution is 7.84. The first-order valence-electron chi connectivity index (χ1n) is 10.2. The Labute approximate surface area is 172 Å². The van der Waals surface area contributed by atoms with Crippen LogP contribution in [0.15, 0.2) is 12.1 Å². The third kappa shape index (κ3) is 4.59. The van der Waals surface area contributed by atoms with Crippen molar-refractivity contribution in [2.75, 3.05) is 13.1 Å². The molecule has 1 aliphatic carbocycles. The van der Waals surface area contributed by atoms with Crippen molar-refractivity contribution in [1.29, 1.82) is 0 Å². The Hall–Kier alpha value is -1.00.